The molecule has 1 aliphatic rings. The highest BCUT2D eigenvalue weighted by Gasteiger charge is 2.33. The zero-order valence-electron chi connectivity index (χ0n) is 17.0. The monoisotopic (exact) mass is 402 g/mol. The number of nitrogens with zero attached hydrogens (tertiary/aromatic N) is 2. The maximum Gasteiger partial charge on any atom is 0.246 e. The molecule has 0 N–H and O–H groups in total. The Bertz CT molecular complexity index is 884. The molecule has 0 saturated carbocycles. The predicted molar refractivity (Wildman–Crippen MR) is 112 cm³/mol. The van der Waals surface area contributed by atoms with Crippen molar-refractivity contribution in [2.45, 2.75) is 37.1 Å². The van der Waals surface area contributed by atoms with Gasteiger partial charge in [-0.3, -0.25) is 0 Å². The van der Waals surface area contributed by atoms with Crippen LogP contribution >= 0.6 is 0 Å². The number of hydrogen-bond donors (Lipinski definition) is 0. The Morgan fingerprint density at radius 2 is 1.93 bits per heavy atom. The first kappa shape index (κ1) is 20.8. The Balaban J connectivity index is 1.71. The van der Waals surface area contributed by atoms with Crippen LogP contribution < -0.4 is 4.74 Å². The van der Waals surface area contributed by atoms with Gasteiger partial charge < -0.3 is 9.64 Å². The standard InChI is InChI=1S/C22H30N2O3S/c1-18-11-12-21(27-3)22(16-18)28(25,26)24-14-7-10-20(17-24)23(2)15-13-19-8-5-4-6-9-19/h4-6,8-9,11-12,16,20H,7,10,13-15,17H2,1-3H3. The maximum absolute atomic E-state index is 13.3. The van der Waals surface area contributed by atoms with Gasteiger partial charge in [0.15, 0.2) is 0 Å². The van der Waals surface area contributed by atoms with E-state index in [9.17, 15) is 8.42 Å². The molecule has 6 heteroatoms. The summed E-state index contributed by atoms with van der Waals surface area (Å²) in [6.45, 7) is 3.89. The van der Waals surface area contributed by atoms with Crippen molar-refractivity contribution in [3.05, 3.63) is 59.7 Å². The second-order valence-corrected chi connectivity index (χ2v) is 9.44. The molecule has 1 aliphatic heterocycles. The molecule has 0 spiro atoms. The van der Waals surface area contributed by atoms with Crippen molar-refractivity contribution in [2.75, 3.05) is 33.8 Å². The summed E-state index contributed by atoms with van der Waals surface area (Å²) in [6.07, 6.45) is 2.85. The smallest absolute Gasteiger partial charge is 0.246 e. The highest BCUT2D eigenvalue weighted by atomic mass is 32.2. The molecule has 1 heterocycles. The lowest BCUT2D eigenvalue weighted by Crippen LogP contribution is -2.49. The summed E-state index contributed by atoms with van der Waals surface area (Å²) in [7, 11) is 0.0290. The van der Waals surface area contributed by atoms with Gasteiger partial charge in [0.05, 0.1) is 7.11 Å². The van der Waals surface area contributed by atoms with E-state index in [0.717, 1.165) is 31.4 Å². The van der Waals surface area contributed by atoms with Gasteiger partial charge in [0.1, 0.15) is 10.6 Å². The van der Waals surface area contributed by atoms with Crippen LogP contribution in [0.3, 0.4) is 0 Å². The Hall–Kier alpha value is -1.89. The molecule has 0 amide bonds. The van der Waals surface area contributed by atoms with Gasteiger partial charge in [0.25, 0.3) is 0 Å². The van der Waals surface area contributed by atoms with Crippen LogP contribution in [-0.4, -0.2) is 57.5 Å². The summed E-state index contributed by atoms with van der Waals surface area (Å²) in [5.74, 6) is 0.408. The average molecular weight is 403 g/mol. The first-order chi connectivity index (χ1) is 13.4. The molecular weight excluding hydrogens is 372 g/mol. The lowest BCUT2D eigenvalue weighted by atomic mass is 10.1. The molecule has 152 valence electrons. The highest BCUT2D eigenvalue weighted by molar-refractivity contribution is 7.89. The minimum Gasteiger partial charge on any atom is -0.495 e. The Kier molecular flexibility index (Phi) is 6.75. The summed E-state index contributed by atoms with van der Waals surface area (Å²) < 4.78 is 33.5. The van der Waals surface area contributed by atoms with Crippen LogP contribution in [-0.2, 0) is 16.4 Å². The van der Waals surface area contributed by atoms with Gasteiger partial charge in [0, 0.05) is 25.7 Å². The largest absolute Gasteiger partial charge is 0.495 e. The van der Waals surface area contributed by atoms with Gasteiger partial charge in [0.2, 0.25) is 10.0 Å². The van der Waals surface area contributed by atoms with E-state index >= 15 is 0 Å². The van der Waals surface area contributed by atoms with Crippen LogP contribution in [0.5, 0.6) is 5.75 Å². The molecule has 3 rings (SSSR count). The fourth-order valence-electron chi connectivity index (χ4n) is 3.76. The summed E-state index contributed by atoms with van der Waals surface area (Å²) in [5.41, 5.74) is 2.21. The normalized spacial score (nSPS) is 18.4. The van der Waals surface area contributed by atoms with Gasteiger partial charge in [-0.25, -0.2) is 8.42 Å². The fraction of sp³-hybridized carbons (Fsp3) is 0.455. The van der Waals surface area contributed by atoms with Crippen LogP contribution in [0.1, 0.15) is 24.0 Å². The van der Waals surface area contributed by atoms with E-state index in [-0.39, 0.29) is 10.9 Å². The van der Waals surface area contributed by atoms with E-state index in [1.807, 2.05) is 19.1 Å². The molecule has 1 unspecified atom stereocenters. The minimum absolute atomic E-state index is 0.225. The Labute approximate surface area is 169 Å². The third-order valence-corrected chi connectivity index (χ3v) is 7.40. The third-order valence-electron chi connectivity index (χ3n) is 5.52. The van der Waals surface area contributed by atoms with Gasteiger partial charge in [-0.15, -0.1) is 0 Å². The van der Waals surface area contributed by atoms with E-state index in [1.54, 1.807) is 16.4 Å². The van der Waals surface area contributed by atoms with E-state index in [2.05, 4.69) is 36.2 Å². The van der Waals surface area contributed by atoms with Gasteiger partial charge in [-0.05, 0) is 56.5 Å². The quantitative estimate of drug-likeness (QED) is 0.713. The fourth-order valence-corrected chi connectivity index (χ4v) is 5.51. The van der Waals surface area contributed by atoms with E-state index in [0.29, 0.717) is 18.8 Å². The first-order valence-corrected chi connectivity index (χ1v) is 11.2. The third kappa shape index (κ3) is 4.74. The molecular formula is C22H30N2O3S. The molecule has 1 saturated heterocycles. The summed E-state index contributed by atoms with van der Waals surface area (Å²) in [5, 5.41) is 0. The second-order valence-electron chi connectivity index (χ2n) is 7.53. The molecule has 0 bridgehead atoms. The van der Waals surface area contributed by atoms with E-state index < -0.39 is 10.0 Å². The van der Waals surface area contributed by atoms with Gasteiger partial charge in [-0.1, -0.05) is 36.4 Å². The van der Waals surface area contributed by atoms with Crippen LogP contribution in [0.4, 0.5) is 0 Å². The predicted octanol–water partition coefficient (Wildman–Crippen LogP) is 3.33. The van der Waals surface area contributed by atoms with Crippen LogP contribution in [0.2, 0.25) is 0 Å². The Morgan fingerprint density at radius 3 is 2.64 bits per heavy atom. The minimum atomic E-state index is -3.58. The average Bonchev–Trinajstić information content (AvgIpc) is 2.72. The molecule has 0 radical (unpaired) electrons. The molecule has 2 aromatic rings. The van der Waals surface area contributed by atoms with Crippen LogP contribution in [0, 0.1) is 6.92 Å². The van der Waals surface area contributed by atoms with Crippen molar-refractivity contribution < 1.29 is 13.2 Å². The summed E-state index contributed by atoms with van der Waals surface area (Å²) >= 11 is 0. The zero-order chi connectivity index (χ0) is 20.1. The zero-order valence-corrected chi connectivity index (χ0v) is 17.8. The topological polar surface area (TPSA) is 49.9 Å². The van der Waals surface area contributed by atoms with E-state index in [1.165, 1.54) is 12.7 Å². The number of likely N-dealkylation sites (N-methyl/N-ethyl adjacent to an activating group) is 1. The molecule has 1 atom stereocenters. The maximum atomic E-state index is 13.3. The first-order valence-electron chi connectivity index (χ1n) is 9.81. The van der Waals surface area contributed by atoms with Crippen molar-refractivity contribution in [3.8, 4) is 5.75 Å². The van der Waals surface area contributed by atoms with Crippen molar-refractivity contribution >= 4 is 10.0 Å². The molecule has 0 aliphatic carbocycles. The van der Waals surface area contributed by atoms with Crippen LogP contribution in [0.15, 0.2) is 53.4 Å². The van der Waals surface area contributed by atoms with Crippen molar-refractivity contribution in [1.29, 1.82) is 0 Å². The summed E-state index contributed by atoms with van der Waals surface area (Å²) in [6, 6.07) is 15.9. The molecule has 1 fully saturated rings. The number of rotatable bonds is 7. The number of ether oxygens (including phenoxy) is 1. The summed E-state index contributed by atoms with van der Waals surface area (Å²) in [4.78, 5) is 2.56. The number of aryl methyl sites for hydroxylation is 1. The number of piperidine rings is 1. The van der Waals surface area contributed by atoms with Crippen LogP contribution in [0.25, 0.3) is 0 Å². The lowest BCUT2D eigenvalue weighted by molar-refractivity contribution is 0.164. The van der Waals surface area contributed by atoms with Crippen molar-refractivity contribution in [2.24, 2.45) is 0 Å². The number of benzene rings is 2. The number of hydrogen-bond acceptors (Lipinski definition) is 4. The van der Waals surface area contributed by atoms with Gasteiger partial charge >= 0.3 is 0 Å². The van der Waals surface area contributed by atoms with Crippen molar-refractivity contribution in [1.82, 2.24) is 9.21 Å². The van der Waals surface area contributed by atoms with Crippen molar-refractivity contribution in [3.63, 3.8) is 0 Å². The van der Waals surface area contributed by atoms with Gasteiger partial charge in [-0.2, -0.15) is 4.31 Å². The second kappa shape index (κ2) is 9.07. The lowest BCUT2D eigenvalue weighted by Gasteiger charge is -2.37. The molecule has 2 aromatic carbocycles. The number of methoxy groups -OCH3 is 1. The van der Waals surface area contributed by atoms with E-state index in [4.69, 9.17) is 4.74 Å². The SMILES string of the molecule is COc1ccc(C)cc1S(=O)(=O)N1CCCC(N(C)CCc2ccccc2)C1. The molecule has 28 heavy (non-hydrogen) atoms. The highest BCUT2D eigenvalue weighted by Crippen LogP contribution is 2.30. The molecule has 0 aromatic heterocycles. The number of sulfonamides is 1. The Morgan fingerprint density at radius 1 is 1.18 bits per heavy atom. The molecule has 5 nitrogen and oxygen atoms in total.